The number of primary sulfonamides is 1. The average Bonchev–Trinajstić information content (AvgIpc) is 2.14. The summed E-state index contributed by atoms with van der Waals surface area (Å²) in [5.41, 5.74) is 0. The first-order valence-corrected chi connectivity index (χ1v) is 8.16. The average molecular weight is 300 g/mol. The minimum atomic E-state index is -3.39. The van der Waals surface area contributed by atoms with Crippen LogP contribution in [0.5, 0.6) is 0 Å². The molecule has 5 heteroatoms. The van der Waals surface area contributed by atoms with E-state index in [0.717, 1.165) is 12.8 Å². The summed E-state index contributed by atoms with van der Waals surface area (Å²) in [6, 6.07) is 0. The third-order valence-electron chi connectivity index (χ3n) is 2.39. The van der Waals surface area contributed by atoms with E-state index in [1.54, 1.807) is 0 Å². The van der Waals surface area contributed by atoms with E-state index in [0.29, 0.717) is 6.42 Å². The Hall–Kier alpha value is 0.390. The van der Waals surface area contributed by atoms with Gasteiger partial charge in [-0.25, -0.2) is 13.6 Å². The van der Waals surface area contributed by atoms with Gasteiger partial charge in [-0.05, 0) is 6.42 Å². The third kappa shape index (κ3) is 9.33. The monoisotopic (exact) mass is 299 g/mol. The van der Waals surface area contributed by atoms with Gasteiger partial charge < -0.3 is 0 Å². The van der Waals surface area contributed by atoms with Gasteiger partial charge in [0.2, 0.25) is 10.0 Å². The lowest BCUT2D eigenvalue weighted by Crippen LogP contribution is -2.23. The molecule has 0 fully saturated rings. The topological polar surface area (TPSA) is 60.2 Å². The first kappa shape index (κ1) is 15.4. The highest BCUT2D eigenvalue weighted by Crippen LogP contribution is 2.16. The molecule has 0 amide bonds. The zero-order valence-corrected chi connectivity index (χ0v) is 11.8. The van der Waals surface area contributed by atoms with Crippen molar-refractivity contribution in [1.82, 2.24) is 0 Å². The van der Waals surface area contributed by atoms with Crippen LogP contribution in [0.2, 0.25) is 0 Å². The predicted octanol–water partition coefficient (Wildman–Crippen LogP) is 3.14. The van der Waals surface area contributed by atoms with Gasteiger partial charge in [0.15, 0.2) is 0 Å². The molecule has 0 aromatic heterocycles. The molecule has 3 nitrogen and oxygen atoms in total. The van der Waals surface area contributed by atoms with Crippen molar-refractivity contribution in [3.8, 4) is 0 Å². The van der Waals surface area contributed by atoms with E-state index in [-0.39, 0.29) is 0 Å². The van der Waals surface area contributed by atoms with Gasteiger partial charge in [0.1, 0.15) is 4.16 Å². The van der Waals surface area contributed by atoms with Crippen LogP contribution in [0, 0.1) is 0 Å². The van der Waals surface area contributed by atoms with Crippen LogP contribution >= 0.6 is 15.9 Å². The van der Waals surface area contributed by atoms with Crippen molar-refractivity contribution in [2.45, 2.75) is 62.4 Å². The molecule has 2 N–H and O–H groups in total. The fourth-order valence-corrected chi connectivity index (χ4v) is 2.25. The lowest BCUT2D eigenvalue weighted by atomic mass is 10.1. The second-order valence-corrected chi connectivity index (χ2v) is 7.37. The summed E-state index contributed by atoms with van der Waals surface area (Å²) in [4.78, 5) is 0. The third-order valence-corrected chi connectivity index (χ3v) is 5.36. The smallest absolute Gasteiger partial charge is 0.222 e. The lowest BCUT2D eigenvalue weighted by molar-refractivity contribution is 0.569. The van der Waals surface area contributed by atoms with Crippen molar-refractivity contribution in [2.24, 2.45) is 5.14 Å². The summed E-state index contributed by atoms with van der Waals surface area (Å²) in [5, 5.41) is 4.98. The number of rotatable bonds is 9. The molecular weight excluding hydrogens is 278 g/mol. The zero-order valence-electron chi connectivity index (χ0n) is 9.41. The van der Waals surface area contributed by atoms with Gasteiger partial charge in [-0.3, -0.25) is 0 Å². The van der Waals surface area contributed by atoms with Gasteiger partial charge in [-0.15, -0.1) is 0 Å². The number of halogens is 1. The summed E-state index contributed by atoms with van der Waals surface area (Å²) >= 11 is 3.08. The van der Waals surface area contributed by atoms with Crippen molar-refractivity contribution in [3.63, 3.8) is 0 Å². The summed E-state index contributed by atoms with van der Waals surface area (Å²) in [6.45, 7) is 2.20. The molecule has 0 spiro atoms. The Morgan fingerprint density at radius 3 is 2.00 bits per heavy atom. The van der Waals surface area contributed by atoms with Gasteiger partial charge in [0, 0.05) is 0 Å². The summed E-state index contributed by atoms with van der Waals surface area (Å²) in [5.74, 6) is 0. The molecule has 1 atom stereocenters. The Labute approximate surface area is 102 Å². The molecule has 92 valence electrons. The second-order valence-electron chi connectivity index (χ2n) is 3.91. The van der Waals surface area contributed by atoms with Crippen molar-refractivity contribution in [1.29, 1.82) is 0 Å². The van der Waals surface area contributed by atoms with Crippen LogP contribution in [-0.4, -0.2) is 12.6 Å². The Kier molecular flexibility index (Phi) is 8.75. The van der Waals surface area contributed by atoms with E-state index in [4.69, 9.17) is 5.14 Å². The van der Waals surface area contributed by atoms with E-state index in [2.05, 4.69) is 22.9 Å². The summed E-state index contributed by atoms with van der Waals surface area (Å²) in [6.07, 6.45) is 8.96. The van der Waals surface area contributed by atoms with E-state index < -0.39 is 14.2 Å². The molecule has 1 unspecified atom stereocenters. The van der Waals surface area contributed by atoms with Crippen LogP contribution in [0.1, 0.15) is 58.3 Å². The summed E-state index contributed by atoms with van der Waals surface area (Å²) < 4.78 is 21.2. The number of sulfonamides is 1. The maximum Gasteiger partial charge on any atom is 0.222 e. The second kappa shape index (κ2) is 8.53. The van der Waals surface area contributed by atoms with Crippen molar-refractivity contribution in [2.75, 3.05) is 0 Å². The molecule has 0 saturated carbocycles. The normalized spacial score (nSPS) is 14.1. The van der Waals surface area contributed by atoms with Gasteiger partial charge >= 0.3 is 0 Å². The molecule has 0 aliphatic heterocycles. The molecule has 15 heavy (non-hydrogen) atoms. The first-order chi connectivity index (χ1) is 6.98. The number of hydrogen-bond donors (Lipinski definition) is 1. The highest BCUT2D eigenvalue weighted by atomic mass is 79.9. The Morgan fingerprint density at radius 1 is 1.07 bits per heavy atom. The standard InChI is InChI=1S/C10H22BrNO2S/c1-2-3-4-5-6-7-8-9-10(11)15(12,13)14/h10H,2-9H2,1H3,(H2,12,13,14). The van der Waals surface area contributed by atoms with Gasteiger partial charge in [-0.2, -0.15) is 0 Å². The molecular formula is C10H22BrNO2S. The molecule has 0 aromatic rings. The fourth-order valence-electron chi connectivity index (χ4n) is 1.43. The molecule has 0 bridgehead atoms. The first-order valence-electron chi connectivity index (χ1n) is 5.64. The van der Waals surface area contributed by atoms with Crippen molar-refractivity contribution in [3.05, 3.63) is 0 Å². The Balaban J connectivity index is 3.32. The largest absolute Gasteiger partial charge is 0.228 e. The Morgan fingerprint density at radius 2 is 1.53 bits per heavy atom. The Bertz CT molecular complexity index is 242. The van der Waals surface area contributed by atoms with Crippen LogP contribution in [0.15, 0.2) is 0 Å². The van der Waals surface area contributed by atoms with Crippen LogP contribution < -0.4 is 5.14 Å². The molecule has 0 radical (unpaired) electrons. The highest BCUT2D eigenvalue weighted by Gasteiger charge is 2.16. The highest BCUT2D eigenvalue weighted by molar-refractivity contribution is 9.11. The SMILES string of the molecule is CCCCCCCCCC(Br)S(N)(=O)=O. The molecule has 0 rings (SSSR count). The van der Waals surface area contributed by atoms with Crippen LogP contribution in [0.25, 0.3) is 0 Å². The van der Waals surface area contributed by atoms with Crippen LogP contribution in [0.4, 0.5) is 0 Å². The molecule has 0 aromatic carbocycles. The molecule has 0 heterocycles. The van der Waals surface area contributed by atoms with E-state index in [1.165, 1.54) is 32.1 Å². The van der Waals surface area contributed by atoms with Gasteiger partial charge in [-0.1, -0.05) is 67.8 Å². The van der Waals surface area contributed by atoms with E-state index in [9.17, 15) is 8.42 Å². The van der Waals surface area contributed by atoms with Crippen LogP contribution in [-0.2, 0) is 10.0 Å². The fraction of sp³-hybridized carbons (Fsp3) is 1.00. The summed E-state index contributed by atoms with van der Waals surface area (Å²) in [7, 11) is -3.39. The predicted molar refractivity (Wildman–Crippen MR) is 68.4 cm³/mol. The zero-order chi connectivity index (χ0) is 11.7. The number of unbranched alkanes of at least 4 members (excludes halogenated alkanes) is 6. The molecule has 0 aliphatic carbocycles. The quantitative estimate of drug-likeness (QED) is 0.525. The maximum atomic E-state index is 10.9. The minimum Gasteiger partial charge on any atom is -0.228 e. The number of nitrogens with two attached hydrogens (primary N) is 1. The van der Waals surface area contributed by atoms with E-state index >= 15 is 0 Å². The van der Waals surface area contributed by atoms with E-state index in [1.807, 2.05) is 0 Å². The minimum absolute atomic E-state index is 0.569. The lowest BCUT2D eigenvalue weighted by Gasteiger charge is -2.06. The van der Waals surface area contributed by atoms with Crippen molar-refractivity contribution < 1.29 is 8.42 Å². The number of alkyl halides is 1. The van der Waals surface area contributed by atoms with Gasteiger partial charge in [0.05, 0.1) is 0 Å². The van der Waals surface area contributed by atoms with Crippen molar-refractivity contribution >= 4 is 26.0 Å². The van der Waals surface area contributed by atoms with Gasteiger partial charge in [0.25, 0.3) is 0 Å². The molecule has 0 saturated heterocycles. The van der Waals surface area contributed by atoms with Crippen LogP contribution in [0.3, 0.4) is 0 Å². The number of hydrogen-bond acceptors (Lipinski definition) is 2. The molecule has 0 aliphatic rings. The maximum absolute atomic E-state index is 10.9.